The fraction of sp³-hybridized carbons (Fsp3) is 0.524. The van der Waals surface area contributed by atoms with Gasteiger partial charge >= 0.3 is 0 Å². The second-order valence-corrected chi connectivity index (χ2v) is 11.3. The summed E-state index contributed by atoms with van der Waals surface area (Å²) in [6.07, 6.45) is 8.28. The number of rotatable bonds is 10. The van der Waals surface area contributed by atoms with Crippen LogP contribution in [0.3, 0.4) is 0 Å². The van der Waals surface area contributed by atoms with Gasteiger partial charge in [-0.05, 0) is 38.0 Å². The number of hydrogen-bond donors (Lipinski definition) is 2. The van der Waals surface area contributed by atoms with Gasteiger partial charge in [-0.25, -0.2) is 0 Å². The third kappa shape index (κ3) is 5.38. The van der Waals surface area contributed by atoms with Crippen molar-refractivity contribution in [2.45, 2.75) is 65.3 Å². The zero-order valence-corrected chi connectivity index (χ0v) is 18.0. The second kappa shape index (κ2) is 10.4. The van der Waals surface area contributed by atoms with Crippen LogP contribution in [0.2, 0.25) is 18.1 Å². The highest BCUT2D eigenvalue weighted by Crippen LogP contribution is 2.40. The van der Waals surface area contributed by atoms with E-state index in [9.17, 15) is 10.2 Å². The van der Waals surface area contributed by atoms with Crippen molar-refractivity contribution in [3.8, 4) is 17.2 Å². The monoisotopic (exact) mass is 378 g/mol. The topological polar surface area (TPSA) is 58.9 Å². The van der Waals surface area contributed by atoms with Crippen LogP contribution < -0.4 is 4.74 Å². The van der Waals surface area contributed by atoms with E-state index in [0.29, 0.717) is 23.3 Å². The third-order valence-corrected chi connectivity index (χ3v) is 9.81. The number of aromatic hydroxyl groups is 2. The van der Waals surface area contributed by atoms with Crippen LogP contribution in [-0.2, 0) is 10.8 Å². The molecule has 26 heavy (non-hydrogen) atoms. The van der Waals surface area contributed by atoms with E-state index in [1.165, 1.54) is 7.11 Å². The van der Waals surface area contributed by atoms with Crippen LogP contribution in [0.25, 0.3) is 0 Å². The minimum absolute atomic E-state index is 0.0765. The molecule has 4 nitrogen and oxygen atoms in total. The first-order valence-electron chi connectivity index (χ1n) is 9.43. The van der Waals surface area contributed by atoms with Crippen molar-refractivity contribution in [2.24, 2.45) is 0 Å². The van der Waals surface area contributed by atoms with Crippen molar-refractivity contribution in [2.75, 3.05) is 7.11 Å². The van der Waals surface area contributed by atoms with Gasteiger partial charge in [0.1, 0.15) is 5.75 Å². The summed E-state index contributed by atoms with van der Waals surface area (Å²) in [6, 6.07) is 4.79. The number of ether oxygens (including phenoxy) is 1. The number of benzene rings is 1. The summed E-state index contributed by atoms with van der Waals surface area (Å²) in [5.41, 5.74) is 1.17. The molecule has 1 aromatic rings. The third-order valence-electron chi connectivity index (χ3n) is 5.14. The van der Waals surface area contributed by atoms with Crippen LogP contribution in [0.5, 0.6) is 17.2 Å². The summed E-state index contributed by atoms with van der Waals surface area (Å²) in [5.74, 6) is 0.518. The van der Waals surface area contributed by atoms with Crippen LogP contribution in [0, 0.1) is 6.92 Å². The lowest BCUT2D eigenvalue weighted by Crippen LogP contribution is -2.40. The first-order chi connectivity index (χ1) is 12.4. The Bertz CT molecular complexity index is 625. The van der Waals surface area contributed by atoms with E-state index in [-0.39, 0.29) is 17.6 Å². The van der Waals surface area contributed by atoms with Gasteiger partial charge < -0.3 is 19.4 Å². The van der Waals surface area contributed by atoms with Crippen LogP contribution >= 0.6 is 0 Å². The summed E-state index contributed by atoms with van der Waals surface area (Å²) < 4.78 is 11.9. The van der Waals surface area contributed by atoms with Crippen molar-refractivity contribution >= 4 is 8.32 Å². The molecule has 0 aliphatic heterocycles. The van der Waals surface area contributed by atoms with Crippen LogP contribution in [0.4, 0.5) is 0 Å². The molecule has 0 heterocycles. The molecule has 0 aromatic heterocycles. The Morgan fingerprint density at radius 2 is 1.73 bits per heavy atom. The van der Waals surface area contributed by atoms with Gasteiger partial charge in [0, 0.05) is 17.5 Å². The maximum Gasteiger partial charge on any atom is 0.192 e. The molecule has 0 aliphatic rings. The van der Waals surface area contributed by atoms with Crippen molar-refractivity contribution < 1.29 is 19.4 Å². The first kappa shape index (κ1) is 22.3. The van der Waals surface area contributed by atoms with Crippen molar-refractivity contribution in [3.63, 3.8) is 0 Å². The van der Waals surface area contributed by atoms with E-state index < -0.39 is 8.32 Å². The van der Waals surface area contributed by atoms with E-state index >= 15 is 0 Å². The average molecular weight is 379 g/mol. The zero-order chi connectivity index (χ0) is 19.7. The summed E-state index contributed by atoms with van der Waals surface area (Å²) in [4.78, 5) is 0. The lowest BCUT2D eigenvalue weighted by molar-refractivity contribution is 0.231. The molecule has 0 bridgehead atoms. The van der Waals surface area contributed by atoms with Gasteiger partial charge in [0.25, 0.3) is 0 Å². The standard InChI is InChI=1S/C21H34O4Si/c1-7-11-12-13-18(25-26(8-2,9-3)10-4)14-17-15-19(22)16(5)21(24-6)20(17)23/h7,11-13,15,18,22-23H,8-10,14H2,1-6H3/b11-7+,13-12+. The maximum absolute atomic E-state index is 10.6. The molecular formula is C21H34O4Si. The highest BCUT2D eigenvalue weighted by molar-refractivity contribution is 6.73. The molecule has 1 atom stereocenters. The summed E-state index contributed by atoms with van der Waals surface area (Å²) in [5, 5.41) is 20.7. The smallest absolute Gasteiger partial charge is 0.192 e. The van der Waals surface area contributed by atoms with Crippen LogP contribution in [0.1, 0.15) is 38.8 Å². The number of allylic oxidation sites excluding steroid dienone is 3. The van der Waals surface area contributed by atoms with Crippen molar-refractivity contribution in [1.82, 2.24) is 0 Å². The fourth-order valence-corrected chi connectivity index (χ4v) is 5.98. The predicted molar refractivity (Wildman–Crippen MR) is 111 cm³/mol. The molecule has 0 saturated carbocycles. The summed E-state index contributed by atoms with van der Waals surface area (Å²) in [6.45, 7) is 10.3. The Morgan fingerprint density at radius 1 is 1.12 bits per heavy atom. The van der Waals surface area contributed by atoms with Crippen LogP contribution in [-0.4, -0.2) is 31.7 Å². The van der Waals surface area contributed by atoms with Gasteiger partial charge in [-0.3, -0.25) is 0 Å². The van der Waals surface area contributed by atoms with Gasteiger partial charge in [-0.1, -0.05) is 45.1 Å². The average Bonchev–Trinajstić information content (AvgIpc) is 2.64. The minimum Gasteiger partial charge on any atom is -0.508 e. The quantitative estimate of drug-likeness (QED) is 0.321. The van der Waals surface area contributed by atoms with Crippen LogP contribution in [0.15, 0.2) is 30.4 Å². The van der Waals surface area contributed by atoms with E-state index in [4.69, 9.17) is 9.16 Å². The van der Waals surface area contributed by atoms with Crippen molar-refractivity contribution in [1.29, 1.82) is 0 Å². The molecule has 1 aromatic carbocycles. The molecule has 0 saturated heterocycles. The maximum atomic E-state index is 10.6. The Kier molecular flexibility index (Phi) is 8.95. The molecule has 146 valence electrons. The Labute approximate surface area is 159 Å². The number of phenolic OH excluding ortho intramolecular Hbond substituents is 2. The number of phenols is 2. The van der Waals surface area contributed by atoms with Gasteiger partial charge in [-0.15, -0.1) is 0 Å². The Hall–Kier alpha value is -1.72. The molecule has 5 heteroatoms. The number of methoxy groups -OCH3 is 1. The highest BCUT2D eigenvalue weighted by atomic mass is 28.4. The highest BCUT2D eigenvalue weighted by Gasteiger charge is 2.32. The van der Waals surface area contributed by atoms with E-state index in [0.717, 1.165) is 18.1 Å². The molecule has 0 spiro atoms. The lowest BCUT2D eigenvalue weighted by Gasteiger charge is -2.32. The van der Waals surface area contributed by atoms with Gasteiger partial charge in [0.05, 0.1) is 13.2 Å². The Morgan fingerprint density at radius 3 is 2.23 bits per heavy atom. The largest absolute Gasteiger partial charge is 0.508 e. The molecule has 1 rings (SSSR count). The minimum atomic E-state index is -1.81. The molecule has 0 amide bonds. The van der Waals surface area contributed by atoms with Crippen molar-refractivity contribution in [3.05, 3.63) is 41.5 Å². The molecule has 2 N–H and O–H groups in total. The normalized spacial score (nSPS) is 13.6. The molecular weight excluding hydrogens is 344 g/mol. The van der Waals surface area contributed by atoms with E-state index in [2.05, 4.69) is 20.8 Å². The van der Waals surface area contributed by atoms with Gasteiger partial charge in [-0.2, -0.15) is 0 Å². The summed E-state index contributed by atoms with van der Waals surface area (Å²) in [7, 11) is -0.315. The van der Waals surface area contributed by atoms with Gasteiger partial charge in [0.2, 0.25) is 0 Å². The lowest BCUT2D eigenvalue weighted by atomic mass is 10.0. The second-order valence-electron chi connectivity index (χ2n) is 6.58. The van der Waals surface area contributed by atoms with E-state index in [1.807, 2.05) is 31.2 Å². The molecule has 0 radical (unpaired) electrons. The Balaban J connectivity index is 3.23. The zero-order valence-electron chi connectivity index (χ0n) is 17.0. The molecule has 0 fully saturated rings. The van der Waals surface area contributed by atoms with E-state index in [1.54, 1.807) is 13.0 Å². The SMILES string of the molecule is C/C=C/C=C/C(Cc1cc(O)c(C)c(OC)c1O)O[Si](CC)(CC)CC. The number of hydrogen-bond acceptors (Lipinski definition) is 4. The van der Waals surface area contributed by atoms with Gasteiger partial charge in [0.15, 0.2) is 19.8 Å². The first-order valence-corrected chi connectivity index (χ1v) is 12.0. The molecule has 1 unspecified atom stereocenters. The molecule has 0 aliphatic carbocycles. The fourth-order valence-electron chi connectivity index (χ4n) is 3.17. The summed E-state index contributed by atoms with van der Waals surface area (Å²) >= 11 is 0. The predicted octanol–water partition coefficient (Wildman–Crippen LogP) is 5.48.